The number of nitrogens with two attached hydrogens (primary N) is 1. The number of halogens is 5. The maximum atomic E-state index is 13.0. The highest BCUT2D eigenvalue weighted by Crippen LogP contribution is 2.41. The summed E-state index contributed by atoms with van der Waals surface area (Å²) >= 11 is 17.5. The highest BCUT2D eigenvalue weighted by atomic mass is 79.9. The van der Waals surface area contributed by atoms with Crippen LogP contribution in [0.3, 0.4) is 0 Å². The Hall–Kier alpha value is -11.7. The highest BCUT2D eigenvalue weighted by Gasteiger charge is 2.45. The molecule has 141 heavy (non-hydrogen) atoms. The van der Waals surface area contributed by atoms with Gasteiger partial charge in [0.1, 0.15) is 28.0 Å². The van der Waals surface area contributed by atoms with Crippen LogP contribution in [0.5, 0.6) is 0 Å². The van der Waals surface area contributed by atoms with Crippen molar-refractivity contribution < 1.29 is 90.7 Å². The van der Waals surface area contributed by atoms with Crippen LogP contribution in [0.25, 0.3) is 0 Å². The van der Waals surface area contributed by atoms with Gasteiger partial charge in [0.05, 0.1) is 89.0 Å². The van der Waals surface area contributed by atoms with E-state index in [9.17, 15) is 57.5 Å². The summed E-state index contributed by atoms with van der Waals surface area (Å²) in [6.45, 7) is 31.0. The van der Waals surface area contributed by atoms with Gasteiger partial charge in [-0.05, 0) is 314 Å². The lowest BCUT2D eigenvalue weighted by atomic mass is 9.89. The molecule has 0 spiro atoms. The maximum Gasteiger partial charge on any atom is 0.519 e. The van der Waals surface area contributed by atoms with E-state index in [2.05, 4.69) is 136 Å². The Kier molecular flexibility index (Phi) is 35.4. The van der Waals surface area contributed by atoms with Gasteiger partial charge in [-0.1, -0.05) is 146 Å². The number of imide groups is 3. The normalized spacial score (nSPS) is 17.1. The smallest absolute Gasteiger partial charge is 0.465 e. The summed E-state index contributed by atoms with van der Waals surface area (Å²) in [7, 11) is 1.37. The fourth-order valence-electron chi connectivity index (χ4n) is 17.3. The number of hydrogen-bond donors (Lipinski definition) is 2. The number of nitrogens with one attached hydrogen (secondary N) is 1. The van der Waals surface area contributed by atoms with Crippen LogP contribution in [0, 0.1) is 0 Å². The van der Waals surface area contributed by atoms with Crippen LogP contribution < -0.4 is 11.1 Å². The van der Waals surface area contributed by atoms with E-state index >= 15 is 0 Å². The van der Waals surface area contributed by atoms with Crippen molar-refractivity contribution in [2.24, 2.45) is 10.7 Å². The van der Waals surface area contributed by atoms with E-state index in [-0.39, 0.29) is 84.8 Å². The molecule has 4 atom stereocenters. The molecule has 0 bridgehead atoms. The number of carbonyl (C=O) groups is 12. The van der Waals surface area contributed by atoms with Crippen LogP contribution in [-0.4, -0.2) is 206 Å². The number of aromatic nitrogens is 1. The zero-order valence-electron chi connectivity index (χ0n) is 81.7. The molecule has 0 fully saturated rings. The number of methoxy groups -OCH3 is 1. The van der Waals surface area contributed by atoms with Crippen LogP contribution in [0.15, 0.2) is 210 Å². The van der Waals surface area contributed by atoms with Gasteiger partial charge >= 0.3 is 36.6 Å². The molecule has 0 unspecified atom stereocenters. The predicted octanol–water partition coefficient (Wildman–Crippen LogP) is 21.8. The number of hydrogen-bond acceptors (Lipinski definition) is 23. The molecule has 0 saturated carbocycles. The van der Waals surface area contributed by atoms with E-state index in [0.29, 0.717) is 97.5 Å². The number of esters is 1. The molecule has 17 rings (SSSR count). The first-order valence-electron chi connectivity index (χ1n) is 46.3. The summed E-state index contributed by atoms with van der Waals surface area (Å²) in [5.74, 6) is -1.92. The minimum atomic E-state index is -1.06. The van der Waals surface area contributed by atoms with E-state index in [1.807, 2.05) is 117 Å². The highest BCUT2D eigenvalue weighted by molar-refractivity contribution is 9.11. The molecule has 0 aliphatic carbocycles. The summed E-state index contributed by atoms with van der Waals surface area (Å²) in [4.78, 5) is 166. The molecular weight excluding hydrogens is 2130 g/mol. The van der Waals surface area contributed by atoms with Gasteiger partial charge in [0.2, 0.25) is 0 Å². The molecule has 8 aromatic carbocycles. The molecule has 9 heterocycles. The topological polar surface area (TPSA) is 352 Å². The first kappa shape index (κ1) is 108. The van der Waals surface area contributed by atoms with Crippen molar-refractivity contribution in [3.8, 4) is 0 Å². The van der Waals surface area contributed by atoms with Crippen LogP contribution in [0.4, 0.5) is 24.0 Å². The molecule has 9 aromatic rings. The van der Waals surface area contributed by atoms with Crippen LogP contribution in [0.2, 0.25) is 0 Å². The lowest BCUT2D eigenvalue weighted by Gasteiger charge is -2.39. The second-order valence-corrected chi connectivity index (χ2v) is 44.0. The van der Waals surface area contributed by atoms with Gasteiger partial charge in [0, 0.05) is 79.6 Å². The van der Waals surface area contributed by atoms with Crippen molar-refractivity contribution in [1.82, 2.24) is 39.7 Å². The quantitative estimate of drug-likeness (QED) is 0.0525. The third kappa shape index (κ3) is 28.0. The second kappa shape index (κ2) is 46.2. The van der Waals surface area contributed by atoms with Gasteiger partial charge in [-0.25, -0.2) is 28.8 Å². The summed E-state index contributed by atoms with van der Waals surface area (Å²) < 4.78 is 40.6. The standard InChI is InChI=1S/C23H23BrN2O4.C23H27BrN2O4.C18H15BrN2O2.C18H13BrN2O2.C15H21BrN2O2.C10H18O5/c1-23(2,3)30-22(29)25-11-10-14-12-15(24)8-9-16(14)19(25)13-26-20(27)17-6-4-5-7-18(17)21(26)28;1-23(2,3)30-22(28)26-12-10-15-13-17(24)6-7-18(15)20(26)8-5-16-14-25-11-9-19(16)21(27)29-4;2*19-12-5-6-13-11(9-12)7-8-20-16(13)10-21-17(22)14-3-1-2-4-15(14)18(21)23;1-15(2,3)20-14(19)18-7-6-10-8-11(16)4-5-12(10)13(18)9-17;1-9(2,3)14-7(11)13-8(12)15-10(4,5)6/h4-9,12,19H,10-11,13H2,1-3H3;6-7,9,11,13-14,20H,5,8,10,12H2,1-4H3;1-6,9,16,20H,7-8,10H2;1-6,9H,7-8,10H2;4-5,8,13H,6-7,9,17H2,1-3H3;1-6H3/t19-;20-;16-;;13-;/m000.0./s1. The van der Waals surface area contributed by atoms with Gasteiger partial charge < -0.3 is 49.1 Å². The van der Waals surface area contributed by atoms with Crippen LogP contribution in [0.1, 0.15) is 268 Å². The zero-order chi connectivity index (χ0) is 103. The van der Waals surface area contributed by atoms with Crippen molar-refractivity contribution in [1.29, 1.82) is 0 Å². The minimum Gasteiger partial charge on any atom is -0.465 e. The maximum absolute atomic E-state index is 13.0. The molecule has 744 valence electrons. The van der Waals surface area contributed by atoms with Crippen molar-refractivity contribution in [3.05, 3.63) is 305 Å². The zero-order valence-corrected chi connectivity index (χ0v) is 89.7. The summed E-state index contributed by atoms with van der Waals surface area (Å²) in [6, 6.07) is 52.1. The largest absolute Gasteiger partial charge is 0.519 e. The lowest BCUT2D eigenvalue weighted by Crippen LogP contribution is -2.48. The van der Waals surface area contributed by atoms with E-state index in [4.69, 9.17) is 34.2 Å². The number of amides is 9. The molecule has 29 nitrogen and oxygen atoms in total. The third-order valence-corrected chi connectivity index (χ3v) is 25.9. The summed E-state index contributed by atoms with van der Waals surface area (Å²) in [5.41, 5.74) is 19.0. The van der Waals surface area contributed by atoms with E-state index in [1.165, 1.54) is 44.1 Å². The Morgan fingerprint density at radius 2 is 0.759 bits per heavy atom. The number of fused-ring (bicyclic) bond motifs is 8. The van der Waals surface area contributed by atoms with Crippen molar-refractivity contribution in [2.75, 3.05) is 66.0 Å². The number of carbonyl (C=O) groups excluding carboxylic acids is 12. The Labute approximate surface area is 863 Å². The van der Waals surface area contributed by atoms with E-state index in [0.717, 1.165) is 99.2 Å². The van der Waals surface area contributed by atoms with E-state index < -0.39 is 52.5 Å². The van der Waals surface area contributed by atoms with Gasteiger partial charge in [0.25, 0.3) is 35.4 Å². The Bertz CT molecular complexity index is 6180. The monoisotopic (exact) mass is 2240 g/mol. The molecule has 8 aliphatic rings. The average Bonchev–Trinajstić information content (AvgIpc) is 1.66. The van der Waals surface area contributed by atoms with Gasteiger partial charge in [0.15, 0.2) is 0 Å². The SMILES string of the molecule is CC(C)(C)OC(=O)N1CCc2cc(Br)ccc2[C@@H]1CN.CC(C)(C)OC(=O)N1CCc2cc(Br)ccc2[C@@H]1CN1C(=O)c2ccccc2C1=O.CC(C)(C)OC(=O)OC(=O)OC(C)(C)C.COC(=O)c1ccncc1CC[C@H]1c2ccc(Br)cc2CCN1C(=O)OC(C)(C)C.O=C1c2ccccc2C(=O)N1CC1=NCCc2cc(Br)ccc21.O=C1c2ccccc2C(=O)N1C[C@@H]1NCCc2cc(Br)ccc21. The van der Waals surface area contributed by atoms with Crippen molar-refractivity contribution in [2.45, 2.75) is 201 Å². The fourth-order valence-corrected chi connectivity index (χ4v) is 19.4. The molecule has 0 saturated heterocycles. The molecule has 0 radical (unpaired) electrons. The van der Waals surface area contributed by atoms with Gasteiger partial charge in [-0.3, -0.25) is 63.2 Å². The predicted molar refractivity (Wildman–Crippen MR) is 550 cm³/mol. The molecule has 9 amide bonds. The Balaban J connectivity index is 0.000000153. The fraction of sp³-hybridized carbons (Fsp3) is 0.383. The number of nitrogens with zero attached hydrogens (tertiary/aromatic N) is 8. The number of pyridine rings is 1. The second-order valence-electron chi connectivity index (χ2n) is 39.4. The van der Waals surface area contributed by atoms with Crippen LogP contribution >= 0.6 is 79.6 Å². The van der Waals surface area contributed by atoms with Gasteiger partial charge in [-0.15, -0.1) is 0 Å². The lowest BCUT2D eigenvalue weighted by molar-refractivity contribution is -0.0296. The van der Waals surface area contributed by atoms with Crippen molar-refractivity contribution >= 4 is 157 Å². The van der Waals surface area contributed by atoms with Crippen molar-refractivity contribution in [3.63, 3.8) is 0 Å². The van der Waals surface area contributed by atoms with Gasteiger partial charge in [-0.2, -0.15) is 0 Å². The third-order valence-electron chi connectivity index (χ3n) is 23.4. The van der Waals surface area contributed by atoms with E-state index in [1.54, 1.807) is 147 Å². The molecular formula is C107H117Br5N10O19. The number of ether oxygens (including phenoxy) is 7. The Morgan fingerprint density at radius 3 is 1.16 bits per heavy atom. The number of rotatable bonds is 11. The minimum absolute atomic E-state index is 0.0194. The van der Waals surface area contributed by atoms with Crippen LogP contribution in [-0.2, 0) is 71.7 Å². The number of aliphatic imine (C=N–C) groups is 1. The number of benzene rings is 8. The first-order chi connectivity index (χ1) is 66.5. The molecule has 8 aliphatic heterocycles. The summed E-state index contributed by atoms with van der Waals surface area (Å²) in [6.07, 6.45) is 5.41. The molecule has 1 aromatic heterocycles. The average molecular weight is 2250 g/mol. The summed E-state index contributed by atoms with van der Waals surface area (Å²) in [5, 5.41) is 3.43. The molecule has 3 N–H and O–H groups in total. The first-order valence-corrected chi connectivity index (χ1v) is 50.3. The Morgan fingerprint density at radius 1 is 0.404 bits per heavy atom. The molecule has 34 heteroatoms. The number of aryl methyl sites for hydroxylation is 1.